The van der Waals surface area contributed by atoms with Gasteiger partial charge in [0.2, 0.25) is 0 Å². The molecule has 2 atom stereocenters. The van der Waals surface area contributed by atoms with Gasteiger partial charge in [0.1, 0.15) is 0 Å². The molecule has 0 aliphatic rings. The molecule has 7 heteroatoms. The van der Waals surface area contributed by atoms with E-state index in [-0.39, 0.29) is 12.1 Å². The molecular formula is C10H20Cl3O2PS. The van der Waals surface area contributed by atoms with Gasteiger partial charge in [-0.1, -0.05) is 61.5 Å². The van der Waals surface area contributed by atoms with Crippen molar-refractivity contribution in [2.75, 3.05) is 6.61 Å². The first kappa shape index (κ1) is 18.4. The largest absolute Gasteiger partial charge is 0.345 e. The van der Waals surface area contributed by atoms with Crippen LogP contribution in [0.5, 0.6) is 0 Å². The fraction of sp³-hybridized carbons (Fsp3) is 1.00. The maximum atomic E-state index is 10.2. The molecule has 0 fully saturated rings. The van der Waals surface area contributed by atoms with Gasteiger partial charge in [0.25, 0.3) is 0 Å². The smallest absolute Gasteiger partial charge is 0.191 e. The summed E-state index contributed by atoms with van der Waals surface area (Å²) >= 11 is 22.5. The molecule has 0 rings (SSSR count). The fourth-order valence-electron chi connectivity index (χ4n) is 1.43. The van der Waals surface area contributed by atoms with Gasteiger partial charge < -0.3 is 9.42 Å². The van der Waals surface area contributed by atoms with Gasteiger partial charge in [-0.2, -0.15) is 0 Å². The highest BCUT2D eigenvalue weighted by Crippen LogP contribution is 2.54. The molecule has 2 unspecified atom stereocenters. The van der Waals surface area contributed by atoms with Crippen molar-refractivity contribution in [1.82, 2.24) is 0 Å². The lowest BCUT2D eigenvalue weighted by Gasteiger charge is -2.28. The van der Waals surface area contributed by atoms with E-state index in [1.807, 2.05) is 6.92 Å². The quantitative estimate of drug-likeness (QED) is 0.381. The van der Waals surface area contributed by atoms with Crippen LogP contribution in [0.25, 0.3) is 0 Å². The van der Waals surface area contributed by atoms with Crippen molar-refractivity contribution in [2.24, 2.45) is 0 Å². The maximum Gasteiger partial charge on any atom is 0.191 e. The topological polar surface area (TPSA) is 29.5 Å². The van der Waals surface area contributed by atoms with Crippen LogP contribution >= 0.6 is 41.3 Å². The van der Waals surface area contributed by atoms with Crippen LogP contribution in [0.2, 0.25) is 0 Å². The zero-order valence-corrected chi connectivity index (χ0v) is 14.1. The second kappa shape index (κ2) is 8.58. The Kier molecular flexibility index (Phi) is 9.31. The summed E-state index contributed by atoms with van der Waals surface area (Å²) < 4.78 is 4.05. The Hall–Kier alpha value is 1.44. The Balaban J connectivity index is 4.49. The lowest BCUT2D eigenvalue weighted by molar-refractivity contribution is 0.290. The summed E-state index contributed by atoms with van der Waals surface area (Å²) in [6.45, 7) is 1.67. The number of hydrogen-bond donors (Lipinski definition) is 1. The van der Waals surface area contributed by atoms with E-state index in [0.717, 1.165) is 19.3 Å². The van der Waals surface area contributed by atoms with Gasteiger partial charge in [-0.25, -0.2) is 0 Å². The van der Waals surface area contributed by atoms with Crippen LogP contribution in [-0.2, 0) is 16.3 Å². The molecule has 2 nitrogen and oxygen atoms in total. The van der Waals surface area contributed by atoms with Gasteiger partial charge in [0.15, 0.2) is 10.3 Å². The summed E-state index contributed by atoms with van der Waals surface area (Å²) in [6, 6.07) is 0. The molecule has 1 N–H and O–H groups in total. The molecule has 0 aliphatic carbocycles. The molecule has 17 heavy (non-hydrogen) atoms. The minimum Gasteiger partial charge on any atom is -0.345 e. The Labute approximate surface area is 124 Å². The van der Waals surface area contributed by atoms with Crippen molar-refractivity contribution >= 4 is 53.1 Å². The third-order valence-electron chi connectivity index (χ3n) is 2.32. The van der Waals surface area contributed by atoms with Gasteiger partial charge in [-0.3, -0.25) is 0 Å². The Bertz CT molecular complexity index is 258. The van der Waals surface area contributed by atoms with E-state index in [1.165, 1.54) is 0 Å². The summed E-state index contributed by atoms with van der Waals surface area (Å²) in [4.78, 5) is 10.2. The first-order chi connectivity index (χ1) is 7.73. The number of rotatable bonds is 8. The van der Waals surface area contributed by atoms with E-state index < -0.39 is 10.3 Å². The third-order valence-corrected chi connectivity index (χ3v) is 5.91. The van der Waals surface area contributed by atoms with Crippen LogP contribution in [0.1, 0.15) is 46.0 Å². The average Bonchev–Trinajstić information content (AvgIpc) is 2.15. The summed E-state index contributed by atoms with van der Waals surface area (Å²) in [7, 11) is 0. The normalized spacial score (nSPS) is 17.8. The summed E-state index contributed by atoms with van der Waals surface area (Å²) in [5, 5.41) is 0. The van der Waals surface area contributed by atoms with Crippen LogP contribution in [0.4, 0.5) is 0 Å². The molecular weight excluding hydrogens is 322 g/mol. The molecule has 0 radical (unpaired) electrons. The molecule has 0 aromatic carbocycles. The summed E-state index contributed by atoms with van der Waals surface area (Å²) in [6.07, 6.45) is 3.71. The molecule has 0 aliphatic heterocycles. The minimum absolute atomic E-state index is 0.241. The standard InChI is InChI=1S/C10H20Cl3O2PS/c1-3-5-7-15-16(14,17)9(6-4-2)8-10(11,12)13/h9H,3-8H2,1-2H3,(H,14,17). The second-order valence-electron chi connectivity index (χ2n) is 4.01. The van der Waals surface area contributed by atoms with Gasteiger partial charge in [0, 0.05) is 12.1 Å². The first-order valence-electron chi connectivity index (χ1n) is 5.76. The molecule has 0 amide bonds. The molecule has 0 saturated heterocycles. The number of halogens is 3. The minimum atomic E-state index is -2.87. The summed E-state index contributed by atoms with van der Waals surface area (Å²) in [5.74, 6) is 0. The molecule has 0 aromatic rings. The van der Waals surface area contributed by atoms with Crippen LogP contribution in [0.15, 0.2) is 0 Å². The van der Waals surface area contributed by atoms with Crippen molar-refractivity contribution < 1.29 is 9.42 Å². The van der Waals surface area contributed by atoms with Crippen LogP contribution in [-0.4, -0.2) is 21.0 Å². The van der Waals surface area contributed by atoms with Crippen LogP contribution in [0.3, 0.4) is 0 Å². The third kappa shape index (κ3) is 9.04. The van der Waals surface area contributed by atoms with E-state index in [1.54, 1.807) is 0 Å². The summed E-state index contributed by atoms with van der Waals surface area (Å²) in [5.41, 5.74) is -0.244. The van der Waals surface area contributed by atoms with Gasteiger partial charge in [-0.05, 0) is 24.6 Å². The SMILES string of the molecule is CCCCOP(O)(=S)C(CCC)CC(Cl)(Cl)Cl. The Morgan fingerprint density at radius 2 is 1.88 bits per heavy atom. The molecule has 0 spiro atoms. The van der Waals surface area contributed by atoms with Crippen molar-refractivity contribution in [3.63, 3.8) is 0 Å². The molecule has 0 bridgehead atoms. The Morgan fingerprint density at radius 3 is 2.29 bits per heavy atom. The van der Waals surface area contributed by atoms with Crippen molar-refractivity contribution in [1.29, 1.82) is 0 Å². The number of hydrogen-bond acceptors (Lipinski definition) is 2. The highest BCUT2D eigenvalue weighted by Gasteiger charge is 2.34. The highest BCUT2D eigenvalue weighted by atomic mass is 35.6. The average molecular weight is 342 g/mol. The van der Waals surface area contributed by atoms with Gasteiger partial charge in [0.05, 0.1) is 6.61 Å². The molecule has 0 aromatic heterocycles. The molecule has 0 saturated carbocycles. The zero-order chi connectivity index (χ0) is 13.5. The molecule has 0 heterocycles. The number of alkyl halides is 3. The van der Waals surface area contributed by atoms with Crippen LogP contribution < -0.4 is 0 Å². The second-order valence-corrected chi connectivity index (χ2v) is 10.2. The number of unbranched alkanes of at least 4 members (excludes halogenated alkanes) is 1. The van der Waals surface area contributed by atoms with E-state index in [0.29, 0.717) is 13.0 Å². The lowest BCUT2D eigenvalue weighted by Crippen LogP contribution is -2.18. The van der Waals surface area contributed by atoms with E-state index >= 15 is 0 Å². The zero-order valence-electron chi connectivity index (χ0n) is 10.2. The van der Waals surface area contributed by atoms with Crippen molar-refractivity contribution in [2.45, 2.75) is 55.4 Å². The first-order valence-corrected chi connectivity index (χ1v) is 9.64. The Morgan fingerprint density at radius 1 is 1.29 bits per heavy atom. The van der Waals surface area contributed by atoms with E-state index in [2.05, 4.69) is 6.92 Å². The monoisotopic (exact) mass is 340 g/mol. The van der Waals surface area contributed by atoms with E-state index in [4.69, 9.17) is 51.1 Å². The van der Waals surface area contributed by atoms with Crippen molar-refractivity contribution in [3.05, 3.63) is 0 Å². The maximum absolute atomic E-state index is 10.2. The predicted molar refractivity (Wildman–Crippen MR) is 81.0 cm³/mol. The predicted octanol–water partition coefficient (Wildman–Crippen LogP) is 5.03. The van der Waals surface area contributed by atoms with Crippen LogP contribution in [0, 0.1) is 0 Å². The lowest BCUT2D eigenvalue weighted by atomic mass is 10.2. The molecule has 104 valence electrons. The fourth-order valence-corrected chi connectivity index (χ4v) is 4.76. The van der Waals surface area contributed by atoms with Crippen molar-refractivity contribution in [3.8, 4) is 0 Å². The van der Waals surface area contributed by atoms with Gasteiger partial charge in [-0.15, -0.1) is 0 Å². The van der Waals surface area contributed by atoms with Gasteiger partial charge >= 0.3 is 0 Å². The van der Waals surface area contributed by atoms with E-state index in [9.17, 15) is 4.89 Å². The highest BCUT2D eigenvalue weighted by molar-refractivity contribution is 8.09.